The molecule has 1 aliphatic rings. The summed E-state index contributed by atoms with van der Waals surface area (Å²) in [5.41, 5.74) is 0.623. The number of anilines is 1. The van der Waals surface area contributed by atoms with E-state index in [0.717, 1.165) is 12.8 Å². The van der Waals surface area contributed by atoms with Crippen LogP contribution in [0.2, 0.25) is 5.02 Å². The van der Waals surface area contributed by atoms with Crippen LogP contribution in [0.5, 0.6) is 0 Å². The SMILES string of the molecule is CC1CCC(C)C(Nc2cc(Cl)ccc2[N+](=O)[O-])C1. The van der Waals surface area contributed by atoms with Crippen LogP contribution >= 0.6 is 11.6 Å². The number of benzene rings is 1. The molecule has 0 radical (unpaired) electrons. The lowest BCUT2D eigenvalue weighted by Gasteiger charge is -2.33. The quantitative estimate of drug-likeness (QED) is 0.657. The molecule has 0 bridgehead atoms. The zero-order chi connectivity index (χ0) is 14.0. The van der Waals surface area contributed by atoms with E-state index in [9.17, 15) is 10.1 Å². The second-order valence-electron chi connectivity index (χ2n) is 5.56. The van der Waals surface area contributed by atoms with Crippen molar-refractivity contribution in [3.8, 4) is 0 Å². The highest BCUT2D eigenvalue weighted by Crippen LogP contribution is 2.34. The van der Waals surface area contributed by atoms with Gasteiger partial charge in [-0.1, -0.05) is 31.9 Å². The highest BCUT2D eigenvalue weighted by Gasteiger charge is 2.27. The molecule has 4 nitrogen and oxygen atoms in total. The normalized spacial score (nSPS) is 27.0. The van der Waals surface area contributed by atoms with E-state index in [1.165, 1.54) is 12.5 Å². The minimum atomic E-state index is -0.365. The maximum absolute atomic E-state index is 11.0. The molecular weight excluding hydrogens is 264 g/mol. The van der Waals surface area contributed by atoms with Crippen molar-refractivity contribution >= 4 is 23.0 Å². The number of hydrogen-bond donors (Lipinski definition) is 1. The smallest absolute Gasteiger partial charge is 0.292 e. The Labute approximate surface area is 118 Å². The van der Waals surface area contributed by atoms with Crippen molar-refractivity contribution in [1.82, 2.24) is 0 Å². The molecule has 3 unspecified atom stereocenters. The van der Waals surface area contributed by atoms with Gasteiger partial charge in [0.2, 0.25) is 0 Å². The summed E-state index contributed by atoms with van der Waals surface area (Å²) in [6.07, 6.45) is 3.44. The summed E-state index contributed by atoms with van der Waals surface area (Å²) < 4.78 is 0. The fourth-order valence-electron chi connectivity index (χ4n) is 2.72. The number of nitrogens with zero attached hydrogens (tertiary/aromatic N) is 1. The third-order valence-corrected chi connectivity index (χ3v) is 4.19. The molecule has 2 rings (SSSR count). The molecule has 0 aromatic heterocycles. The van der Waals surface area contributed by atoms with Crippen LogP contribution in [0.25, 0.3) is 0 Å². The van der Waals surface area contributed by atoms with E-state index in [1.807, 2.05) is 0 Å². The van der Waals surface area contributed by atoms with Gasteiger partial charge in [-0.3, -0.25) is 10.1 Å². The molecule has 3 atom stereocenters. The lowest BCUT2D eigenvalue weighted by molar-refractivity contribution is -0.384. The van der Waals surface area contributed by atoms with E-state index in [1.54, 1.807) is 12.1 Å². The first-order valence-electron chi connectivity index (χ1n) is 6.68. The molecular formula is C14H19ClN2O2. The standard InChI is InChI=1S/C14H19ClN2O2/c1-9-3-4-10(2)12(7-9)16-13-8-11(15)5-6-14(13)17(18)19/h5-6,8-10,12,16H,3-4,7H2,1-2H3. The van der Waals surface area contributed by atoms with Crippen molar-refractivity contribution in [2.75, 3.05) is 5.32 Å². The van der Waals surface area contributed by atoms with Crippen LogP contribution in [0.1, 0.15) is 33.1 Å². The Morgan fingerprint density at radius 1 is 1.37 bits per heavy atom. The van der Waals surface area contributed by atoms with Crippen molar-refractivity contribution in [2.45, 2.75) is 39.2 Å². The van der Waals surface area contributed by atoms with Gasteiger partial charge in [0.1, 0.15) is 5.69 Å². The van der Waals surface area contributed by atoms with E-state index in [2.05, 4.69) is 19.2 Å². The van der Waals surface area contributed by atoms with Gasteiger partial charge >= 0.3 is 0 Å². The molecule has 0 saturated heterocycles. The monoisotopic (exact) mass is 282 g/mol. The second-order valence-corrected chi connectivity index (χ2v) is 6.00. The molecule has 1 N–H and O–H groups in total. The average molecular weight is 283 g/mol. The Morgan fingerprint density at radius 2 is 2.11 bits per heavy atom. The molecule has 104 valence electrons. The van der Waals surface area contributed by atoms with Gasteiger partial charge in [-0.15, -0.1) is 0 Å². The second kappa shape index (κ2) is 5.78. The zero-order valence-electron chi connectivity index (χ0n) is 11.2. The van der Waals surface area contributed by atoms with Crippen LogP contribution < -0.4 is 5.32 Å². The molecule has 0 aliphatic heterocycles. The summed E-state index contributed by atoms with van der Waals surface area (Å²) in [6.45, 7) is 4.42. The molecule has 1 aromatic rings. The molecule has 0 spiro atoms. The van der Waals surface area contributed by atoms with Gasteiger partial charge in [-0.25, -0.2) is 0 Å². The average Bonchev–Trinajstić information content (AvgIpc) is 2.33. The maximum Gasteiger partial charge on any atom is 0.292 e. The van der Waals surface area contributed by atoms with Crippen molar-refractivity contribution in [2.24, 2.45) is 11.8 Å². The molecule has 1 fully saturated rings. The Hall–Kier alpha value is -1.29. The first-order chi connectivity index (χ1) is 8.97. The largest absolute Gasteiger partial charge is 0.376 e. The van der Waals surface area contributed by atoms with E-state index in [0.29, 0.717) is 22.5 Å². The number of nitrogens with one attached hydrogen (secondary N) is 1. The van der Waals surface area contributed by atoms with E-state index < -0.39 is 0 Å². The van der Waals surface area contributed by atoms with Crippen LogP contribution in [-0.2, 0) is 0 Å². The van der Waals surface area contributed by atoms with Crippen molar-refractivity contribution in [3.63, 3.8) is 0 Å². The molecule has 1 aliphatic carbocycles. The third kappa shape index (κ3) is 3.38. The fraction of sp³-hybridized carbons (Fsp3) is 0.571. The molecule has 0 heterocycles. The molecule has 5 heteroatoms. The van der Waals surface area contributed by atoms with E-state index >= 15 is 0 Å². The minimum Gasteiger partial charge on any atom is -0.376 e. The van der Waals surface area contributed by atoms with Crippen LogP contribution in [0.15, 0.2) is 18.2 Å². The summed E-state index contributed by atoms with van der Waals surface area (Å²) in [6, 6.07) is 4.94. The molecule has 0 amide bonds. The number of nitro groups is 1. The first kappa shape index (κ1) is 14.1. The van der Waals surface area contributed by atoms with E-state index in [-0.39, 0.29) is 16.7 Å². The maximum atomic E-state index is 11.0. The molecule has 1 aromatic carbocycles. The van der Waals surface area contributed by atoms with Crippen molar-refractivity contribution in [3.05, 3.63) is 33.3 Å². The van der Waals surface area contributed by atoms with Gasteiger partial charge in [0.15, 0.2) is 0 Å². The van der Waals surface area contributed by atoms with Gasteiger partial charge in [0, 0.05) is 17.1 Å². The van der Waals surface area contributed by atoms with Gasteiger partial charge in [0.05, 0.1) is 4.92 Å². The first-order valence-corrected chi connectivity index (χ1v) is 7.05. The van der Waals surface area contributed by atoms with Gasteiger partial charge < -0.3 is 5.32 Å². The molecule has 19 heavy (non-hydrogen) atoms. The van der Waals surface area contributed by atoms with Crippen LogP contribution in [-0.4, -0.2) is 11.0 Å². The van der Waals surface area contributed by atoms with Crippen LogP contribution in [0.3, 0.4) is 0 Å². The Bertz CT molecular complexity index is 479. The Morgan fingerprint density at radius 3 is 2.79 bits per heavy atom. The molecule has 1 saturated carbocycles. The number of halogens is 1. The summed E-state index contributed by atoms with van der Waals surface area (Å²) in [7, 11) is 0. The van der Waals surface area contributed by atoms with E-state index in [4.69, 9.17) is 11.6 Å². The predicted molar refractivity (Wildman–Crippen MR) is 77.7 cm³/mol. The van der Waals surface area contributed by atoms with Gasteiger partial charge in [-0.05, 0) is 36.8 Å². The third-order valence-electron chi connectivity index (χ3n) is 3.95. The fourth-order valence-corrected chi connectivity index (χ4v) is 2.89. The predicted octanol–water partition coefficient (Wildman–Crippen LogP) is 4.48. The topological polar surface area (TPSA) is 55.2 Å². The van der Waals surface area contributed by atoms with Gasteiger partial charge in [0.25, 0.3) is 5.69 Å². The lowest BCUT2D eigenvalue weighted by atomic mass is 9.80. The van der Waals surface area contributed by atoms with Crippen LogP contribution in [0, 0.1) is 22.0 Å². The Kier molecular flexibility index (Phi) is 4.30. The van der Waals surface area contributed by atoms with Crippen LogP contribution in [0.4, 0.5) is 11.4 Å². The highest BCUT2D eigenvalue weighted by molar-refractivity contribution is 6.31. The number of nitro benzene ring substituents is 1. The number of hydrogen-bond acceptors (Lipinski definition) is 3. The van der Waals surface area contributed by atoms with Gasteiger partial charge in [-0.2, -0.15) is 0 Å². The van der Waals surface area contributed by atoms with Crippen molar-refractivity contribution < 1.29 is 4.92 Å². The lowest BCUT2D eigenvalue weighted by Crippen LogP contribution is -2.33. The number of rotatable bonds is 3. The summed E-state index contributed by atoms with van der Waals surface area (Å²) in [5, 5.41) is 14.9. The highest BCUT2D eigenvalue weighted by atomic mass is 35.5. The summed E-state index contributed by atoms with van der Waals surface area (Å²) in [4.78, 5) is 10.7. The summed E-state index contributed by atoms with van der Waals surface area (Å²) >= 11 is 5.94. The Balaban J connectivity index is 2.22. The van der Waals surface area contributed by atoms with Crippen molar-refractivity contribution in [1.29, 1.82) is 0 Å². The minimum absolute atomic E-state index is 0.0924. The zero-order valence-corrected chi connectivity index (χ0v) is 12.0. The summed E-state index contributed by atoms with van der Waals surface area (Å²) in [5.74, 6) is 1.18.